The summed E-state index contributed by atoms with van der Waals surface area (Å²) in [4.78, 5) is 0. The van der Waals surface area contributed by atoms with Crippen LogP contribution in [-0.2, 0) is 0 Å². The molecule has 1 N–H and O–H groups in total. The Morgan fingerprint density at radius 1 is 0.857 bits per heavy atom. The number of hydrogen-bond donors (Lipinski definition) is 1. The summed E-state index contributed by atoms with van der Waals surface area (Å²) in [5, 5.41) is 6.00. The third kappa shape index (κ3) is 2.91. The van der Waals surface area contributed by atoms with Crippen LogP contribution < -0.4 is 5.32 Å². The summed E-state index contributed by atoms with van der Waals surface area (Å²) in [6.45, 7) is 0. The molecular weight excluding hydrogens is 390 g/mol. The Morgan fingerprint density at radius 2 is 1.62 bits per heavy atom. The van der Waals surface area contributed by atoms with Crippen LogP contribution in [0.5, 0.6) is 0 Å². The van der Waals surface area contributed by atoms with Gasteiger partial charge in [-0.25, -0.2) is 0 Å². The van der Waals surface area contributed by atoms with Crippen LogP contribution in [0, 0.1) is 0 Å². The van der Waals surface area contributed by atoms with Gasteiger partial charge in [0.25, 0.3) is 0 Å². The van der Waals surface area contributed by atoms with E-state index in [0.29, 0.717) is 0 Å². The predicted molar refractivity (Wildman–Crippen MR) is 96.7 cm³/mol. The van der Waals surface area contributed by atoms with Crippen molar-refractivity contribution in [3.05, 3.63) is 80.7 Å². The lowest BCUT2D eigenvalue weighted by molar-refractivity contribution is 0.694. The molecule has 0 amide bonds. The van der Waals surface area contributed by atoms with E-state index in [0.717, 1.165) is 8.95 Å². The smallest absolute Gasteiger partial charge is 0.0591 e. The molecule has 0 aliphatic heterocycles. The van der Waals surface area contributed by atoms with Crippen molar-refractivity contribution in [1.29, 1.82) is 0 Å². The number of fused-ring (bicyclic) bond motifs is 1. The van der Waals surface area contributed by atoms with Gasteiger partial charge in [0, 0.05) is 8.95 Å². The highest BCUT2D eigenvalue weighted by molar-refractivity contribution is 9.11. The summed E-state index contributed by atoms with van der Waals surface area (Å²) in [5.74, 6) is 0. The number of benzene rings is 3. The molecule has 0 aromatic heterocycles. The second kappa shape index (κ2) is 6.30. The Kier molecular flexibility index (Phi) is 4.43. The average Bonchev–Trinajstić information content (AvgIpc) is 2.50. The highest BCUT2D eigenvalue weighted by Gasteiger charge is 2.17. The zero-order valence-electron chi connectivity index (χ0n) is 11.6. The lowest BCUT2D eigenvalue weighted by Gasteiger charge is -2.21. The van der Waals surface area contributed by atoms with Crippen LogP contribution in [0.4, 0.5) is 0 Å². The monoisotopic (exact) mass is 403 g/mol. The van der Waals surface area contributed by atoms with Gasteiger partial charge in [0.15, 0.2) is 0 Å². The van der Waals surface area contributed by atoms with E-state index in [9.17, 15) is 0 Å². The number of hydrogen-bond acceptors (Lipinski definition) is 1. The molecule has 0 fully saturated rings. The van der Waals surface area contributed by atoms with E-state index in [-0.39, 0.29) is 6.04 Å². The van der Waals surface area contributed by atoms with E-state index < -0.39 is 0 Å². The maximum atomic E-state index is 3.68. The SMILES string of the molecule is CNC(c1ccc(Br)cc1Br)c1cccc2ccccc12. The first-order valence-corrected chi connectivity index (χ1v) is 8.39. The molecular formula is C18H15Br2N. The summed E-state index contributed by atoms with van der Waals surface area (Å²) in [6.07, 6.45) is 0. The molecule has 3 rings (SSSR count). The van der Waals surface area contributed by atoms with Crippen LogP contribution in [0.15, 0.2) is 69.6 Å². The zero-order chi connectivity index (χ0) is 14.8. The van der Waals surface area contributed by atoms with E-state index in [4.69, 9.17) is 0 Å². The fourth-order valence-corrected chi connectivity index (χ4v) is 3.99. The van der Waals surface area contributed by atoms with Crippen molar-refractivity contribution in [2.24, 2.45) is 0 Å². The Bertz CT molecular complexity index is 778. The first kappa shape index (κ1) is 14.8. The molecule has 1 unspecified atom stereocenters. The molecule has 0 spiro atoms. The van der Waals surface area contributed by atoms with Gasteiger partial charge in [-0.3, -0.25) is 0 Å². The lowest BCUT2D eigenvalue weighted by atomic mass is 9.94. The van der Waals surface area contributed by atoms with Gasteiger partial charge in [-0.1, -0.05) is 80.4 Å². The quantitative estimate of drug-likeness (QED) is 0.592. The average molecular weight is 405 g/mol. The summed E-state index contributed by atoms with van der Waals surface area (Å²) >= 11 is 7.19. The molecule has 3 aromatic carbocycles. The molecule has 0 bridgehead atoms. The van der Waals surface area contributed by atoms with Crippen molar-refractivity contribution in [2.45, 2.75) is 6.04 Å². The van der Waals surface area contributed by atoms with E-state index >= 15 is 0 Å². The van der Waals surface area contributed by atoms with Crippen molar-refractivity contribution in [2.75, 3.05) is 7.05 Å². The van der Waals surface area contributed by atoms with Crippen LogP contribution in [0.1, 0.15) is 17.2 Å². The summed E-state index contributed by atoms with van der Waals surface area (Å²) in [5.41, 5.74) is 2.52. The fraction of sp³-hybridized carbons (Fsp3) is 0.111. The third-order valence-corrected chi connectivity index (χ3v) is 4.88. The second-order valence-corrected chi connectivity index (χ2v) is 6.73. The van der Waals surface area contributed by atoms with Crippen molar-refractivity contribution in [1.82, 2.24) is 5.32 Å². The Balaban J connectivity index is 2.18. The topological polar surface area (TPSA) is 12.0 Å². The van der Waals surface area contributed by atoms with Crippen LogP contribution >= 0.6 is 31.9 Å². The molecule has 0 aliphatic carbocycles. The van der Waals surface area contributed by atoms with E-state index in [1.165, 1.54) is 21.9 Å². The van der Waals surface area contributed by atoms with E-state index in [1.807, 2.05) is 7.05 Å². The van der Waals surface area contributed by atoms with Gasteiger partial charge in [0.05, 0.1) is 6.04 Å². The van der Waals surface area contributed by atoms with Gasteiger partial charge in [0.1, 0.15) is 0 Å². The fourth-order valence-electron chi connectivity index (χ4n) is 2.72. The largest absolute Gasteiger partial charge is 0.309 e. The second-order valence-electron chi connectivity index (χ2n) is 4.96. The zero-order valence-corrected chi connectivity index (χ0v) is 14.8. The molecule has 0 aliphatic rings. The van der Waals surface area contributed by atoms with E-state index in [1.54, 1.807) is 0 Å². The van der Waals surface area contributed by atoms with Crippen LogP contribution in [0.2, 0.25) is 0 Å². The molecule has 1 atom stereocenters. The number of nitrogens with one attached hydrogen (secondary N) is 1. The maximum Gasteiger partial charge on any atom is 0.0591 e. The normalized spacial score (nSPS) is 12.5. The van der Waals surface area contributed by atoms with Crippen molar-refractivity contribution >= 4 is 42.6 Å². The first-order chi connectivity index (χ1) is 10.2. The summed E-state index contributed by atoms with van der Waals surface area (Å²) in [6, 6.07) is 21.4. The van der Waals surface area contributed by atoms with Crippen LogP contribution in [0.25, 0.3) is 10.8 Å². The van der Waals surface area contributed by atoms with E-state index in [2.05, 4.69) is 97.8 Å². The van der Waals surface area contributed by atoms with Gasteiger partial charge >= 0.3 is 0 Å². The Hall–Kier alpha value is -1.16. The minimum atomic E-state index is 0.151. The lowest BCUT2D eigenvalue weighted by Crippen LogP contribution is -2.18. The Morgan fingerprint density at radius 3 is 2.38 bits per heavy atom. The molecule has 1 nitrogen and oxygen atoms in total. The molecule has 3 aromatic rings. The highest BCUT2D eigenvalue weighted by Crippen LogP contribution is 2.33. The molecule has 106 valence electrons. The predicted octanol–water partition coefficient (Wildman–Crippen LogP) is 5.67. The molecule has 0 radical (unpaired) electrons. The molecule has 0 saturated carbocycles. The summed E-state index contributed by atoms with van der Waals surface area (Å²) in [7, 11) is 2.00. The minimum Gasteiger partial charge on any atom is -0.309 e. The van der Waals surface area contributed by atoms with Crippen molar-refractivity contribution in [3.63, 3.8) is 0 Å². The summed E-state index contributed by atoms with van der Waals surface area (Å²) < 4.78 is 2.18. The third-order valence-electron chi connectivity index (χ3n) is 3.70. The van der Waals surface area contributed by atoms with Gasteiger partial charge in [-0.05, 0) is 41.1 Å². The first-order valence-electron chi connectivity index (χ1n) is 6.80. The van der Waals surface area contributed by atoms with Crippen LogP contribution in [-0.4, -0.2) is 7.05 Å². The maximum absolute atomic E-state index is 3.68. The Labute approximate surface area is 141 Å². The van der Waals surface area contributed by atoms with Gasteiger partial charge < -0.3 is 5.32 Å². The highest BCUT2D eigenvalue weighted by atomic mass is 79.9. The van der Waals surface area contributed by atoms with Gasteiger partial charge in [-0.2, -0.15) is 0 Å². The van der Waals surface area contributed by atoms with Crippen LogP contribution in [0.3, 0.4) is 0 Å². The molecule has 0 heterocycles. The van der Waals surface area contributed by atoms with Crippen molar-refractivity contribution in [3.8, 4) is 0 Å². The van der Waals surface area contributed by atoms with Gasteiger partial charge in [0.2, 0.25) is 0 Å². The number of rotatable bonds is 3. The molecule has 21 heavy (non-hydrogen) atoms. The molecule has 0 saturated heterocycles. The molecule has 3 heteroatoms. The standard InChI is InChI=1S/C18H15Br2N/c1-21-18(16-10-9-13(19)11-17(16)20)15-8-4-6-12-5-2-3-7-14(12)15/h2-11,18,21H,1H3. The van der Waals surface area contributed by atoms with Crippen molar-refractivity contribution < 1.29 is 0 Å². The van der Waals surface area contributed by atoms with Gasteiger partial charge in [-0.15, -0.1) is 0 Å². The number of halogens is 2. The minimum absolute atomic E-state index is 0.151.